The molecule has 1 aromatic rings. The van der Waals surface area contributed by atoms with Gasteiger partial charge in [0.1, 0.15) is 11.5 Å². The minimum absolute atomic E-state index is 0.00529. The van der Waals surface area contributed by atoms with Crippen LogP contribution in [-0.4, -0.2) is 17.5 Å². The second-order valence-corrected chi connectivity index (χ2v) is 5.17. The Bertz CT molecular complexity index is 591. The predicted octanol–water partition coefficient (Wildman–Crippen LogP) is 1.20. The van der Waals surface area contributed by atoms with Gasteiger partial charge in [0.2, 0.25) is 5.91 Å². The second kappa shape index (κ2) is 4.70. The highest BCUT2D eigenvalue weighted by Crippen LogP contribution is 2.41. The van der Waals surface area contributed by atoms with Gasteiger partial charge < -0.3 is 5.32 Å². The molecule has 0 saturated heterocycles. The van der Waals surface area contributed by atoms with E-state index in [9.17, 15) is 14.0 Å². The fourth-order valence-corrected chi connectivity index (χ4v) is 2.57. The van der Waals surface area contributed by atoms with E-state index in [2.05, 4.69) is 15.8 Å². The largest absolute Gasteiger partial charge is 0.341 e. The first kappa shape index (κ1) is 12.8. The molecular formula is C14H14FN3O2. The van der Waals surface area contributed by atoms with Crippen LogP contribution in [0.25, 0.3) is 0 Å². The molecule has 1 aliphatic carbocycles. The van der Waals surface area contributed by atoms with E-state index >= 15 is 0 Å². The lowest BCUT2D eigenvalue weighted by Crippen LogP contribution is -2.52. The summed E-state index contributed by atoms with van der Waals surface area (Å²) in [4.78, 5) is 23.2. The molecule has 2 N–H and O–H groups in total. The lowest BCUT2D eigenvalue weighted by molar-refractivity contribution is -0.120. The number of halogens is 1. The van der Waals surface area contributed by atoms with Gasteiger partial charge in [0.15, 0.2) is 0 Å². The van der Waals surface area contributed by atoms with E-state index < -0.39 is 5.54 Å². The van der Waals surface area contributed by atoms with Crippen molar-refractivity contribution in [3.8, 4) is 0 Å². The number of hydrogen-bond acceptors (Lipinski definition) is 3. The Balaban J connectivity index is 1.78. The molecule has 1 saturated carbocycles. The van der Waals surface area contributed by atoms with E-state index in [4.69, 9.17) is 0 Å². The van der Waals surface area contributed by atoms with Crippen LogP contribution in [0.15, 0.2) is 29.4 Å². The van der Waals surface area contributed by atoms with Gasteiger partial charge in [-0.15, -0.1) is 0 Å². The Morgan fingerprint density at radius 3 is 2.50 bits per heavy atom. The van der Waals surface area contributed by atoms with Gasteiger partial charge in [0.25, 0.3) is 5.91 Å². The number of hydrogen-bond donors (Lipinski definition) is 2. The van der Waals surface area contributed by atoms with Gasteiger partial charge in [0, 0.05) is 0 Å². The molecule has 20 heavy (non-hydrogen) atoms. The zero-order valence-corrected chi connectivity index (χ0v) is 10.8. The van der Waals surface area contributed by atoms with E-state index in [0.29, 0.717) is 0 Å². The van der Waals surface area contributed by atoms with Crippen molar-refractivity contribution in [2.45, 2.75) is 31.2 Å². The van der Waals surface area contributed by atoms with Crippen molar-refractivity contribution in [1.29, 1.82) is 0 Å². The zero-order chi connectivity index (χ0) is 14.2. The predicted molar refractivity (Wildman–Crippen MR) is 70.3 cm³/mol. The molecule has 5 nitrogen and oxygen atoms in total. The van der Waals surface area contributed by atoms with Crippen molar-refractivity contribution in [3.63, 3.8) is 0 Å². The molecule has 0 radical (unpaired) electrons. The van der Waals surface area contributed by atoms with Gasteiger partial charge in [-0.2, -0.15) is 5.10 Å². The number of carbonyl (C=O) groups is 2. The Labute approximate surface area is 115 Å². The van der Waals surface area contributed by atoms with Crippen LogP contribution in [-0.2, 0) is 15.1 Å². The highest BCUT2D eigenvalue weighted by Gasteiger charge is 2.41. The number of nitrogens with zero attached hydrogens (tertiary/aromatic N) is 1. The Hall–Kier alpha value is -2.24. The summed E-state index contributed by atoms with van der Waals surface area (Å²) in [5.41, 5.74) is 2.88. The Morgan fingerprint density at radius 1 is 1.30 bits per heavy atom. The monoisotopic (exact) mass is 275 g/mol. The van der Waals surface area contributed by atoms with Gasteiger partial charge >= 0.3 is 0 Å². The lowest BCUT2D eigenvalue weighted by Gasteiger charge is -2.43. The third-order valence-corrected chi connectivity index (χ3v) is 3.86. The van der Waals surface area contributed by atoms with Gasteiger partial charge in [-0.1, -0.05) is 12.1 Å². The first-order chi connectivity index (χ1) is 9.59. The van der Waals surface area contributed by atoms with Crippen LogP contribution in [0.5, 0.6) is 0 Å². The number of rotatable bonds is 3. The fourth-order valence-electron chi connectivity index (χ4n) is 2.57. The Kier molecular flexibility index (Phi) is 3.00. The second-order valence-electron chi connectivity index (χ2n) is 5.17. The van der Waals surface area contributed by atoms with Crippen molar-refractivity contribution in [2.24, 2.45) is 5.10 Å². The van der Waals surface area contributed by atoms with Crippen molar-refractivity contribution >= 4 is 17.5 Å². The van der Waals surface area contributed by atoms with Crippen LogP contribution in [0, 0.1) is 5.82 Å². The van der Waals surface area contributed by atoms with Gasteiger partial charge in [-0.25, -0.2) is 9.82 Å². The van der Waals surface area contributed by atoms with E-state index in [0.717, 1.165) is 24.8 Å². The molecule has 1 heterocycles. The molecule has 0 atom stereocenters. The highest BCUT2D eigenvalue weighted by atomic mass is 19.1. The maximum absolute atomic E-state index is 13.0. The van der Waals surface area contributed by atoms with Crippen molar-refractivity contribution in [2.75, 3.05) is 0 Å². The van der Waals surface area contributed by atoms with Crippen LogP contribution < -0.4 is 10.7 Å². The van der Waals surface area contributed by atoms with Crippen LogP contribution in [0.1, 0.15) is 31.2 Å². The third-order valence-electron chi connectivity index (χ3n) is 3.86. The topological polar surface area (TPSA) is 70.6 Å². The zero-order valence-electron chi connectivity index (χ0n) is 10.8. The summed E-state index contributed by atoms with van der Waals surface area (Å²) in [6.45, 7) is 0. The first-order valence-corrected chi connectivity index (χ1v) is 6.53. The average Bonchev–Trinajstić information content (AvgIpc) is 2.82. The van der Waals surface area contributed by atoms with E-state index in [-0.39, 0.29) is 29.8 Å². The minimum atomic E-state index is -0.459. The van der Waals surface area contributed by atoms with E-state index in [1.165, 1.54) is 12.1 Å². The summed E-state index contributed by atoms with van der Waals surface area (Å²) in [5, 5.41) is 6.66. The van der Waals surface area contributed by atoms with Crippen LogP contribution >= 0.6 is 0 Å². The Morgan fingerprint density at radius 2 is 2.00 bits per heavy atom. The summed E-state index contributed by atoms with van der Waals surface area (Å²) in [6, 6.07) is 6.16. The molecule has 0 unspecified atom stereocenters. The molecule has 104 valence electrons. The molecule has 2 amide bonds. The molecule has 2 aliphatic rings. The number of nitrogens with one attached hydrogen (secondary N) is 2. The highest BCUT2D eigenvalue weighted by molar-refractivity contribution is 6.43. The normalized spacial score (nSPS) is 19.9. The first-order valence-electron chi connectivity index (χ1n) is 6.53. The maximum atomic E-state index is 13.0. The van der Waals surface area contributed by atoms with Crippen molar-refractivity contribution in [1.82, 2.24) is 10.7 Å². The average molecular weight is 275 g/mol. The molecule has 1 aromatic carbocycles. The SMILES string of the molecule is O=C1CC(C(=O)NC2(c3ccc(F)cc3)CCC2)=NN1. The molecule has 3 rings (SSSR count). The molecule has 0 bridgehead atoms. The van der Waals surface area contributed by atoms with Crippen LogP contribution in [0.4, 0.5) is 4.39 Å². The lowest BCUT2D eigenvalue weighted by atomic mass is 9.71. The quantitative estimate of drug-likeness (QED) is 0.870. The standard InChI is InChI=1S/C14H14FN3O2/c15-10-4-2-9(3-5-10)14(6-1-7-14)16-13(20)11-8-12(19)18-17-11/h2-5H,1,6-8H2,(H,16,20)(H,18,19). The fraction of sp³-hybridized carbons (Fsp3) is 0.357. The maximum Gasteiger partial charge on any atom is 0.268 e. The van der Waals surface area contributed by atoms with Gasteiger partial charge in [0.05, 0.1) is 12.0 Å². The molecule has 0 aromatic heterocycles. The summed E-state index contributed by atoms with van der Waals surface area (Å²) in [5.74, 6) is -0.920. The van der Waals surface area contributed by atoms with Crippen LogP contribution in [0.2, 0.25) is 0 Å². The third kappa shape index (κ3) is 2.17. The number of hydrazone groups is 1. The summed E-state index contributed by atoms with van der Waals surface area (Å²) in [7, 11) is 0. The summed E-state index contributed by atoms with van der Waals surface area (Å²) >= 11 is 0. The number of benzene rings is 1. The molecule has 1 aliphatic heterocycles. The molecule has 0 spiro atoms. The molecule has 1 fully saturated rings. The van der Waals surface area contributed by atoms with E-state index in [1.807, 2.05) is 0 Å². The minimum Gasteiger partial charge on any atom is -0.341 e. The van der Waals surface area contributed by atoms with Crippen molar-refractivity contribution < 1.29 is 14.0 Å². The van der Waals surface area contributed by atoms with Crippen LogP contribution in [0.3, 0.4) is 0 Å². The summed E-state index contributed by atoms with van der Waals surface area (Å²) in [6.07, 6.45) is 2.62. The van der Waals surface area contributed by atoms with Gasteiger partial charge in [-0.05, 0) is 37.0 Å². The van der Waals surface area contributed by atoms with Gasteiger partial charge in [-0.3, -0.25) is 9.59 Å². The number of carbonyl (C=O) groups excluding carboxylic acids is 2. The summed E-state index contributed by atoms with van der Waals surface area (Å²) < 4.78 is 13.0. The molecule has 6 heteroatoms. The smallest absolute Gasteiger partial charge is 0.268 e. The molecular weight excluding hydrogens is 261 g/mol. The number of amides is 2. The van der Waals surface area contributed by atoms with E-state index in [1.54, 1.807) is 12.1 Å². The van der Waals surface area contributed by atoms with Crippen molar-refractivity contribution in [3.05, 3.63) is 35.6 Å².